The largest absolute Gasteiger partial charge is 0.490 e. The van der Waals surface area contributed by atoms with Crippen LogP contribution in [0.3, 0.4) is 0 Å². The number of rotatable bonds is 6. The number of carbonyl (C=O) groups is 3. The van der Waals surface area contributed by atoms with Crippen molar-refractivity contribution in [1.29, 1.82) is 0 Å². The lowest BCUT2D eigenvalue weighted by molar-refractivity contribution is -0.131. The molecule has 1 amide bonds. The van der Waals surface area contributed by atoms with Gasteiger partial charge in [-0.3, -0.25) is 19.3 Å². The molecular weight excluding hydrogens is 452 g/mol. The number of Topliss-reactive ketones (excluding diaryl/α,β-unsaturated/α-hetero) is 2. The zero-order chi connectivity index (χ0) is 24.0. The molecule has 0 spiro atoms. The fraction of sp³-hybridized carbons (Fsp3) is 0.385. The van der Waals surface area contributed by atoms with Gasteiger partial charge in [-0.25, -0.2) is 4.98 Å². The Kier molecular flexibility index (Phi) is 5.85. The molecule has 1 saturated carbocycles. The minimum atomic E-state index is -0.699. The van der Waals surface area contributed by atoms with E-state index in [1.54, 1.807) is 13.0 Å². The van der Waals surface area contributed by atoms with Gasteiger partial charge in [0, 0.05) is 6.92 Å². The van der Waals surface area contributed by atoms with Gasteiger partial charge >= 0.3 is 0 Å². The van der Waals surface area contributed by atoms with Crippen LogP contribution in [0.25, 0.3) is 0 Å². The number of hydrogen-bond donors (Lipinski definition) is 0. The Bertz CT molecular complexity index is 1230. The van der Waals surface area contributed by atoms with Crippen molar-refractivity contribution in [2.24, 2.45) is 5.92 Å². The van der Waals surface area contributed by atoms with E-state index in [2.05, 4.69) is 11.6 Å². The zero-order valence-corrected chi connectivity index (χ0v) is 20.0. The summed E-state index contributed by atoms with van der Waals surface area (Å²) in [5.74, 6) is -0.0388. The number of amides is 1. The lowest BCUT2D eigenvalue weighted by Gasteiger charge is -2.35. The van der Waals surface area contributed by atoms with E-state index in [1.165, 1.54) is 11.8 Å². The molecule has 3 heterocycles. The molecule has 0 N–H and O–H groups in total. The first-order chi connectivity index (χ1) is 16.4. The standard InChI is InChI=1S/C26H26N2O5S/c1-4-12-32-17-9-7-8-16(13-17)21-20-22(30)18-10-5-6-11-19(18)33-23(20)25(31)28(21)26-27-14(2)24(34-26)15(3)29/h4,7-9,13,18-19,21H,1,5-6,10-12H2,2-3H3. The van der Waals surface area contributed by atoms with Crippen molar-refractivity contribution in [3.8, 4) is 5.75 Å². The summed E-state index contributed by atoms with van der Waals surface area (Å²) >= 11 is 1.16. The molecule has 2 aromatic rings. The molecule has 7 nitrogen and oxygen atoms in total. The number of aromatic nitrogens is 1. The van der Waals surface area contributed by atoms with Gasteiger partial charge < -0.3 is 9.47 Å². The number of ether oxygens (including phenoxy) is 2. The van der Waals surface area contributed by atoms with Gasteiger partial charge in [0.25, 0.3) is 5.91 Å². The van der Waals surface area contributed by atoms with E-state index in [-0.39, 0.29) is 29.3 Å². The maximum atomic E-state index is 13.8. The number of ketones is 2. The van der Waals surface area contributed by atoms with Gasteiger partial charge in [-0.05, 0) is 43.9 Å². The number of fused-ring (bicyclic) bond motifs is 1. The average molecular weight is 479 g/mol. The van der Waals surface area contributed by atoms with E-state index in [9.17, 15) is 14.4 Å². The van der Waals surface area contributed by atoms with Crippen LogP contribution in [0.2, 0.25) is 0 Å². The highest BCUT2D eigenvalue weighted by Crippen LogP contribution is 2.49. The second kappa shape index (κ2) is 8.83. The molecule has 3 aliphatic rings. The molecule has 3 unspecified atom stereocenters. The number of hydrogen-bond acceptors (Lipinski definition) is 7. The molecule has 8 heteroatoms. The van der Waals surface area contributed by atoms with E-state index in [1.807, 2.05) is 24.3 Å². The molecule has 1 aromatic heterocycles. The maximum absolute atomic E-state index is 13.8. The monoisotopic (exact) mass is 478 g/mol. The Hall–Kier alpha value is -3.26. The van der Waals surface area contributed by atoms with Crippen molar-refractivity contribution >= 4 is 33.9 Å². The Balaban J connectivity index is 1.64. The molecule has 1 fully saturated rings. The lowest BCUT2D eigenvalue weighted by Crippen LogP contribution is -2.39. The summed E-state index contributed by atoms with van der Waals surface area (Å²) in [6, 6.07) is 6.66. The summed E-state index contributed by atoms with van der Waals surface area (Å²) < 4.78 is 11.9. The molecule has 5 rings (SSSR count). The quantitative estimate of drug-likeness (QED) is 0.441. The van der Waals surface area contributed by atoms with Crippen LogP contribution in [0.4, 0.5) is 5.13 Å². The molecule has 176 valence electrons. The smallest absolute Gasteiger partial charge is 0.296 e. The Morgan fingerprint density at radius 1 is 1.32 bits per heavy atom. The summed E-state index contributed by atoms with van der Waals surface area (Å²) in [7, 11) is 0. The first kappa shape index (κ1) is 22.5. The van der Waals surface area contributed by atoms with Crippen LogP contribution < -0.4 is 9.64 Å². The third-order valence-corrected chi connectivity index (χ3v) is 7.87. The van der Waals surface area contributed by atoms with E-state index < -0.39 is 11.9 Å². The highest BCUT2D eigenvalue weighted by Gasteiger charge is 2.53. The Morgan fingerprint density at radius 2 is 2.12 bits per heavy atom. The molecule has 34 heavy (non-hydrogen) atoms. The van der Waals surface area contributed by atoms with Crippen LogP contribution in [-0.4, -0.2) is 35.2 Å². The molecule has 0 radical (unpaired) electrons. The minimum absolute atomic E-state index is 0.0238. The lowest BCUT2D eigenvalue weighted by atomic mass is 9.77. The second-order valence-corrected chi connectivity index (χ2v) is 9.85. The fourth-order valence-electron chi connectivity index (χ4n) is 5.10. The van der Waals surface area contributed by atoms with E-state index >= 15 is 0 Å². The van der Waals surface area contributed by atoms with Gasteiger partial charge in [0.2, 0.25) is 0 Å². The van der Waals surface area contributed by atoms with Crippen LogP contribution in [0, 0.1) is 12.8 Å². The Labute approximate surface area is 202 Å². The van der Waals surface area contributed by atoms with E-state index in [0.29, 0.717) is 33.6 Å². The fourth-order valence-corrected chi connectivity index (χ4v) is 6.09. The predicted octanol–water partition coefficient (Wildman–Crippen LogP) is 4.72. The third kappa shape index (κ3) is 3.66. The maximum Gasteiger partial charge on any atom is 0.296 e. The molecule has 0 saturated heterocycles. The van der Waals surface area contributed by atoms with Crippen LogP contribution in [0.1, 0.15) is 59.6 Å². The van der Waals surface area contributed by atoms with Gasteiger partial charge in [-0.1, -0.05) is 42.5 Å². The summed E-state index contributed by atoms with van der Waals surface area (Å²) in [5.41, 5.74) is 1.67. The SMILES string of the molecule is C=CCOc1cccc(C2C3=C(OC4CCCCC4C3=O)C(=O)N2c2nc(C)c(C(C)=O)s2)c1. The van der Waals surface area contributed by atoms with Crippen LogP contribution in [0.15, 0.2) is 48.3 Å². The van der Waals surface area contributed by atoms with Gasteiger partial charge in [-0.15, -0.1) is 0 Å². The summed E-state index contributed by atoms with van der Waals surface area (Å²) in [6.45, 7) is 7.25. The first-order valence-corrected chi connectivity index (χ1v) is 12.3. The van der Waals surface area contributed by atoms with Crippen molar-refractivity contribution in [3.63, 3.8) is 0 Å². The molecule has 3 atom stereocenters. The second-order valence-electron chi connectivity index (χ2n) is 8.87. The zero-order valence-electron chi connectivity index (χ0n) is 19.2. The first-order valence-electron chi connectivity index (χ1n) is 11.5. The minimum Gasteiger partial charge on any atom is -0.490 e. The third-order valence-electron chi connectivity index (χ3n) is 6.62. The molecule has 1 aliphatic carbocycles. The molecule has 0 bridgehead atoms. The molecule has 1 aromatic carbocycles. The van der Waals surface area contributed by atoms with Crippen molar-refractivity contribution in [3.05, 3.63) is 64.4 Å². The Morgan fingerprint density at radius 3 is 2.85 bits per heavy atom. The summed E-state index contributed by atoms with van der Waals surface area (Å²) in [5, 5.41) is 0.379. The van der Waals surface area contributed by atoms with E-state index in [0.717, 1.165) is 42.6 Å². The number of aryl methyl sites for hydroxylation is 1. The number of anilines is 1. The highest BCUT2D eigenvalue weighted by atomic mass is 32.1. The van der Waals surface area contributed by atoms with Gasteiger partial charge in [-0.2, -0.15) is 0 Å². The van der Waals surface area contributed by atoms with Crippen molar-refractivity contribution in [2.45, 2.75) is 51.7 Å². The number of benzene rings is 1. The van der Waals surface area contributed by atoms with Crippen molar-refractivity contribution < 1.29 is 23.9 Å². The van der Waals surface area contributed by atoms with Gasteiger partial charge in [0.1, 0.15) is 18.5 Å². The van der Waals surface area contributed by atoms with Gasteiger partial charge in [0.05, 0.1) is 28.1 Å². The number of thiazole rings is 1. The topological polar surface area (TPSA) is 85.8 Å². The van der Waals surface area contributed by atoms with Crippen LogP contribution in [-0.2, 0) is 14.3 Å². The molecular formula is C26H26N2O5S. The van der Waals surface area contributed by atoms with Crippen molar-refractivity contribution in [2.75, 3.05) is 11.5 Å². The van der Waals surface area contributed by atoms with Crippen molar-refractivity contribution in [1.82, 2.24) is 4.98 Å². The average Bonchev–Trinajstić information content (AvgIpc) is 3.35. The normalized spacial score (nSPS) is 23.9. The predicted molar refractivity (Wildman–Crippen MR) is 128 cm³/mol. The summed E-state index contributed by atoms with van der Waals surface area (Å²) in [6.07, 6.45) is 4.86. The van der Waals surface area contributed by atoms with Crippen LogP contribution >= 0.6 is 11.3 Å². The number of nitrogens with zero attached hydrogens (tertiary/aromatic N) is 2. The number of carbonyl (C=O) groups excluding carboxylic acids is 3. The van der Waals surface area contributed by atoms with Crippen LogP contribution in [0.5, 0.6) is 5.75 Å². The molecule has 2 aliphatic heterocycles. The van der Waals surface area contributed by atoms with Gasteiger partial charge in [0.15, 0.2) is 22.5 Å². The summed E-state index contributed by atoms with van der Waals surface area (Å²) in [4.78, 5) is 46.1. The highest BCUT2D eigenvalue weighted by molar-refractivity contribution is 7.17. The van der Waals surface area contributed by atoms with E-state index in [4.69, 9.17) is 9.47 Å².